The summed E-state index contributed by atoms with van der Waals surface area (Å²) in [5, 5.41) is 14.0. The highest BCUT2D eigenvalue weighted by Crippen LogP contribution is 2.11. The number of nitrogens with one attached hydrogen (secondary N) is 2. The van der Waals surface area contributed by atoms with Crippen LogP contribution in [0.25, 0.3) is 0 Å². The number of ketones is 1. The van der Waals surface area contributed by atoms with E-state index < -0.39 is 18.0 Å². The van der Waals surface area contributed by atoms with Crippen molar-refractivity contribution in [1.29, 1.82) is 0 Å². The molecule has 1 atom stereocenters. The van der Waals surface area contributed by atoms with Crippen LogP contribution in [0.15, 0.2) is 24.3 Å². The second kappa shape index (κ2) is 8.31. The van der Waals surface area contributed by atoms with Gasteiger partial charge in [-0.15, -0.1) is 0 Å². The molecule has 1 rings (SSSR count). The quantitative estimate of drug-likeness (QED) is 0.671. The summed E-state index contributed by atoms with van der Waals surface area (Å²) in [5.74, 6) is -0.545. The summed E-state index contributed by atoms with van der Waals surface area (Å²) >= 11 is 1.51. The summed E-state index contributed by atoms with van der Waals surface area (Å²) in [7, 11) is 0. The van der Waals surface area contributed by atoms with E-state index >= 15 is 0 Å². The average Bonchev–Trinajstić information content (AvgIpc) is 2.43. The number of aliphatic carboxylic acids is 1. The first-order valence-electron chi connectivity index (χ1n) is 6.34. The van der Waals surface area contributed by atoms with Gasteiger partial charge < -0.3 is 15.7 Å². The fourth-order valence-corrected chi connectivity index (χ4v) is 2.11. The maximum absolute atomic E-state index is 11.8. The fourth-order valence-electron chi connectivity index (χ4n) is 1.63. The second-order valence-corrected chi connectivity index (χ2v) is 5.39. The summed E-state index contributed by atoms with van der Waals surface area (Å²) in [6, 6.07) is 4.92. The molecule has 0 saturated carbocycles. The third-order valence-corrected chi connectivity index (χ3v) is 3.38. The van der Waals surface area contributed by atoms with Crippen LogP contribution in [0.3, 0.4) is 0 Å². The van der Waals surface area contributed by atoms with E-state index in [4.69, 9.17) is 5.11 Å². The van der Waals surface area contributed by atoms with Gasteiger partial charge in [0.2, 0.25) is 0 Å². The molecule has 114 valence electrons. The minimum Gasteiger partial charge on any atom is -0.480 e. The SMILES string of the molecule is CSCC[C@@H](NC(=O)Nc1cccc(C(C)=O)c1)C(=O)O. The Morgan fingerprint density at radius 2 is 2.05 bits per heavy atom. The molecule has 0 fully saturated rings. The molecule has 6 nitrogen and oxygen atoms in total. The number of hydrogen-bond donors (Lipinski definition) is 3. The Hall–Kier alpha value is -2.02. The van der Waals surface area contributed by atoms with Crippen LogP contribution in [-0.4, -0.2) is 40.9 Å². The molecule has 0 unspecified atom stereocenters. The molecular formula is C14H18N2O4S. The molecule has 0 spiro atoms. The predicted molar refractivity (Wildman–Crippen MR) is 83.0 cm³/mol. The molecule has 3 N–H and O–H groups in total. The molecule has 2 amide bonds. The van der Waals surface area contributed by atoms with Gasteiger partial charge in [-0.05, 0) is 37.5 Å². The monoisotopic (exact) mass is 310 g/mol. The molecule has 21 heavy (non-hydrogen) atoms. The molecule has 0 saturated heterocycles. The number of carbonyl (C=O) groups is 3. The molecule has 7 heteroatoms. The third kappa shape index (κ3) is 5.86. The van der Waals surface area contributed by atoms with E-state index in [1.807, 2.05) is 6.26 Å². The van der Waals surface area contributed by atoms with E-state index in [9.17, 15) is 14.4 Å². The van der Waals surface area contributed by atoms with Gasteiger partial charge in [0.25, 0.3) is 0 Å². The Balaban J connectivity index is 2.65. The van der Waals surface area contributed by atoms with Gasteiger partial charge >= 0.3 is 12.0 Å². The van der Waals surface area contributed by atoms with Crippen LogP contribution in [-0.2, 0) is 4.79 Å². The molecule has 1 aromatic rings. The van der Waals surface area contributed by atoms with E-state index in [2.05, 4.69) is 10.6 Å². The predicted octanol–water partition coefficient (Wildman–Crippen LogP) is 2.22. The largest absolute Gasteiger partial charge is 0.480 e. The number of carboxylic acid groups (broad SMARTS) is 1. The van der Waals surface area contributed by atoms with Crippen LogP contribution in [0.4, 0.5) is 10.5 Å². The van der Waals surface area contributed by atoms with Crippen LogP contribution in [0.1, 0.15) is 23.7 Å². The van der Waals surface area contributed by atoms with Gasteiger partial charge in [-0.25, -0.2) is 9.59 Å². The van der Waals surface area contributed by atoms with E-state index in [-0.39, 0.29) is 5.78 Å². The Kier molecular flexibility index (Phi) is 6.74. The number of rotatable bonds is 7. The van der Waals surface area contributed by atoms with Crippen molar-refractivity contribution in [2.45, 2.75) is 19.4 Å². The molecular weight excluding hydrogens is 292 g/mol. The molecule has 0 aromatic heterocycles. The van der Waals surface area contributed by atoms with Gasteiger partial charge in [0, 0.05) is 11.3 Å². The van der Waals surface area contributed by atoms with E-state index in [1.165, 1.54) is 18.7 Å². The van der Waals surface area contributed by atoms with Crippen molar-refractivity contribution >= 4 is 35.2 Å². The first kappa shape index (κ1) is 17.0. The molecule has 0 aliphatic heterocycles. The Morgan fingerprint density at radius 1 is 1.33 bits per heavy atom. The fraction of sp³-hybridized carbons (Fsp3) is 0.357. The summed E-state index contributed by atoms with van der Waals surface area (Å²) < 4.78 is 0. The number of Topliss-reactive ketones (excluding diaryl/α,β-unsaturated/α-hetero) is 1. The lowest BCUT2D eigenvalue weighted by molar-refractivity contribution is -0.139. The minimum absolute atomic E-state index is 0.109. The van der Waals surface area contributed by atoms with Crippen molar-refractivity contribution < 1.29 is 19.5 Å². The summed E-state index contributed by atoms with van der Waals surface area (Å²) in [4.78, 5) is 34.1. The van der Waals surface area contributed by atoms with Gasteiger partial charge in [-0.1, -0.05) is 12.1 Å². The van der Waals surface area contributed by atoms with Crippen molar-refractivity contribution in [3.8, 4) is 0 Å². The lowest BCUT2D eigenvalue weighted by Crippen LogP contribution is -2.43. The number of benzene rings is 1. The van der Waals surface area contributed by atoms with E-state index in [0.717, 1.165) is 0 Å². The second-order valence-electron chi connectivity index (χ2n) is 4.41. The highest BCUT2D eigenvalue weighted by molar-refractivity contribution is 7.98. The summed E-state index contributed by atoms with van der Waals surface area (Å²) in [6.45, 7) is 1.43. The number of amides is 2. The summed E-state index contributed by atoms with van der Waals surface area (Å²) in [6.07, 6.45) is 2.21. The molecule has 0 radical (unpaired) electrons. The lowest BCUT2D eigenvalue weighted by Gasteiger charge is -2.14. The van der Waals surface area contributed by atoms with Crippen molar-refractivity contribution in [2.24, 2.45) is 0 Å². The highest BCUT2D eigenvalue weighted by atomic mass is 32.2. The topological polar surface area (TPSA) is 95.5 Å². The van der Waals surface area contributed by atoms with Crippen molar-refractivity contribution in [1.82, 2.24) is 5.32 Å². The number of hydrogen-bond acceptors (Lipinski definition) is 4. The Bertz CT molecular complexity index is 533. The maximum Gasteiger partial charge on any atom is 0.326 e. The van der Waals surface area contributed by atoms with Gasteiger partial charge in [-0.2, -0.15) is 11.8 Å². The highest BCUT2D eigenvalue weighted by Gasteiger charge is 2.19. The maximum atomic E-state index is 11.8. The van der Waals surface area contributed by atoms with Gasteiger partial charge in [0.1, 0.15) is 6.04 Å². The van der Waals surface area contributed by atoms with Crippen LogP contribution in [0.2, 0.25) is 0 Å². The van der Waals surface area contributed by atoms with Gasteiger partial charge in [0.05, 0.1) is 0 Å². The number of urea groups is 1. The number of anilines is 1. The normalized spacial score (nSPS) is 11.5. The zero-order chi connectivity index (χ0) is 15.8. The number of thioether (sulfide) groups is 1. The standard InChI is InChI=1S/C14H18N2O4S/c1-9(17)10-4-3-5-11(8-10)15-14(20)16-12(13(18)19)6-7-21-2/h3-5,8,12H,6-7H2,1-2H3,(H,18,19)(H2,15,16,20)/t12-/m1/s1. The van der Waals surface area contributed by atoms with Crippen LogP contribution < -0.4 is 10.6 Å². The number of carbonyl (C=O) groups excluding carboxylic acids is 2. The minimum atomic E-state index is -1.07. The average molecular weight is 310 g/mol. The van der Waals surface area contributed by atoms with Crippen LogP contribution in [0.5, 0.6) is 0 Å². The molecule has 1 aromatic carbocycles. The third-order valence-electron chi connectivity index (χ3n) is 2.74. The molecule has 0 aliphatic carbocycles. The zero-order valence-corrected chi connectivity index (χ0v) is 12.7. The van der Waals surface area contributed by atoms with Gasteiger partial charge in [-0.3, -0.25) is 4.79 Å². The zero-order valence-electron chi connectivity index (χ0n) is 11.9. The lowest BCUT2D eigenvalue weighted by atomic mass is 10.1. The van der Waals surface area contributed by atoms with Gasteiger partial charge in [0.15, 0.2) is 5.78 Å². The molecule has 0 aliphatic rings. The Labute approximate surface area is 127 Å². The first-order chi connectivity index (χ1) is 9.93. The first-order valence-corrected chi connectivity index (χ1v) is 7.73. The molecule has 0 heterocycles. The Morgan fingerprint density at radius 3 is 2.62 bits per heavy atom. The van der Waals surface area contributed by atoms with Crippen molar-refractivity contribution in [3.63, 3.8) is 0 Å². The van der Waals surface area contributed by atoms with Crippen molar-refractivity contribution in [3.05, 3.63) is 29.8 Å². The molecule has 0 bridgehead atoms. The smallest absolute Gasteiger partial charge is 0.326 e. The van der Waals surface area contributed by atoms with Crippen LogP contribution in [0, 0.1) is 0 Å². The summed E-state index contributed by atoms with van der Waals surface area (Å²) in [5.41, 5.74) is 0.916. The van der Waals surface area contributed by atoms with E-state index in [0.29, 0.717) is 23.4 Å². The van der Waals surface area contributed by atoms with Crippen LogP contribution >= 0.6 is 11.8 Å². The van der Waals surface area contributed by atoms with E-state index in [1.54, 1.807) is 24.3 Å². The van der Waals surface area contributed by atoms with Crippen molar-refractivity contribution in [2.75, 3.05) is 17.3 Å². The number of carboxylic acids is 1.